The van der Waals surface area contributed by atoms with Crippen molar-refractivity contribution in [1.82, 2.24) is 9.97 Å². The molecule has 0 aliphatic rings. The van der Waals surface area contributed by atoms with Crippen LogP contribution < -0.4 is 0 Å². The molecule has 0 N–H and O–H groups in total. The minimum atomic E-state index is -4.90. The number of benzene rings is 1. The minimum absolute atomic E-state index is 0.0612. The van der Waals surface area contributed by atoms with Crippen molar-refractivity contribution >= 4 is 10.9 Å². The fraction of sp³-hybridized carbons (Fsp3) is 0.200. The van der Waals surface area contributed by atoms with Crippen molar-refractivity contribution in [3.8, 4) is 0 Å². The van der Waals surface area contributed by atoms with Gasteiger partial charge in [0.25, 0.3) is 0 Å². The lowest BCUT2D eigenvalue weighted by Crippen LogP contribution is -2.11. The Balaban J connectivity index is 2.81. The van der Waals surface area contributed by atoms with Crippen molar-refractivity contribution in [3.63, 3.8) is 0 Å². The standard InChI is InChI=1S/C10H4F6N2/c11-9(12,13)5-1-7(10(14,15)16)6-3-17-4-18-8(6)2-5/h1-4H. The molecule has 2 nitrogen and oxygen atoms in total. The van der Waals surface area contributed by atoms with E-state index in [1.54, 1.807) is 0 Å². The molecule has 2 aromatic rings. The van der Waals surface area contributed by atoms with Crippen LogP contribution in [-0.2, 0) is 12.4 Å². The van der Waals surface area contributed by atoms with Gasteiger partial charge in [-0.2, -0.15) is 26.3 Å². The Morgan fingerprint density at radius 2 is 1.56 bits per heavy atom. The highest BCUT2D eigenvalue weighted by molar-refractivity contribution is 5.82. The molecule has 18 heavy (non-hydrogen) atoms. The summed E-state index contributed by atoms with van der Waals surface area (Å²) in [5, 5.41) is -0.460. The summed E-state index contributed by atoms with van der Waals surface area (Å²) < 4.78 is 75.4. The summed E-state index contributed by atoms with van der Waals surface area (Å²) in [6.45, 7) is 0. The monoisotopic (exact) mass is 266 g/mol. The first-order valence-electron chi connectivity index (χ1n) is 4.58. The first kappa shape index (κ1) is 12.6. The molecule has 0 atom stereocenters. The van der Waals surface area contributed by atoms with Crippen molar-refractivity contribution in [2.24, 2.45) is 0 Å². The number of hydrogen-bond acceptors (Lipinski definition) is 2. The Bertz CT molecular complexity index is 587. The zero-order valence-electron chi connectivity index (χ0n) is 8.47. The summed E-state index contributed by atoms with van der Waals surface area (Å²) in [5.74, 6) is 0. The van der Waals surface area contributed by atoms with E-state index in [-0.39, 0.29) is 6.07 Å². The number of fused-ring (bicyclic) bond motifs is 1. The largest absolute Gasteiger partial charge is 0.417 e. The molecular formula is C10H4F6N2. The van der Waals surface area contributed by atoms with Gasteiger partial charge in [-0.25, -0.2) is 9.97 Å². The third-order valence-corrected chi connectivity index (χ3v) is 2.26. The van der Waals surface area contributed by atoms with Crippen molar-refractivity contribution in [3.05, 3.63) is 35.8 Å². The van der Waals surface area contributed by atoms with Crippen LogP contribution in [0.25, 0.3) is 10.9 Å². The molecular weight excluding hydrogens is 262 g/mol. The van der Waals surface area contributed by atoms with Crippen LogP contribution in [0.2, 0.25) is 0 Å². The highest BCUT2D eigenvalue weighted by Crippen LogP contribution is 2.39. The molecule has 0 spiro atoms. The number of hydrogen-bond donors (Lipinski definition) is 0. The van der Waals surface area contributed by atoms with Crippen molar-refractivity contribution < 1.29 is 26.3 Å². The number of nitrogens with zero attached hydrogens (tertiary/aromatic N) is 2. The third kappa shape index (κ3) is 2.22. The maximum absolute atomic E-state index is 12.7. The van der Waals surface area contributed by atoms with Crippen molar-refractivity contribution in [1.29, 1.82) is 0 Å². The predicted molar refractivity (Wildman–Crippen MR) is 49.5 cm³/mol. The first-order chi connectivity index (χ1) is 8.19. The second kappa shape index (κ2) is 3.82. The highest BCUT2D eigenvalue weighted by Gasteiger charge is 2.38. The van der Waals surface area contributed by atoms with Gasteiger partial charge in [-0.1, -0.05) is 0 Å². The van der Waals surface area contributed by atoms with Gasteiger partial charge in [-0.15, -0.1) is 0 Å². The summed E-state index contributed by atoms with van der Waals surface area (Å²) in [7, 11) is 0. The van der Waals surface area contributed by atoms with Gasteiger partial charge in [0.1, 0.15) is 6.33 Å². The van der Waals surface area contributed by atoms with E-state index in [0.29, 0.717) is 6.07 Å². The fourth-order valence-electron chi connectivity index (χ4n) is 1.48. The van der Waals surface area contributed by atoms with Crippen molar-refractivity contribution in [2.75, 3.05) is 0 Å². The topological polar surface area (TPSA) is 25.8 Å². The van der Waals surface area contributed by atoms with E-state index in [1.165, 1.54) is 0 Å². The SMILES string of the molecule is FC(F)(F)c1cc(C(F)(F)F)c2cncnc2c1. The Morgan fingerprint density at radius 3 is 2.11 bits per heavy atom. The molecule has 0 radical (unpaired) electrons. The smallest absolute Gasteiger partial charge is 0.244 e. The number of alkyl halides is 6. The maximum atomic E-state index is 12.7. The first-order valence-corrected chi connectivity index (χ1v) is 4.58. The van der Waals surface area contributed by atoms with E-state index in [1.807, 2.05) is 0 Å². The Labute approximate surface area is 96.3 Å². The summed E-state index contributed by atoms with van der Waals surface area (Å²) in [5.41, 5.74) is -3.18. The Kier molecular flexibility index (Phi) is 2.67. The van der Waals surface area contributed by atoms with Crippen LogP contribution in [0.1, 0.15) is 11.1 Å². The molecule has 1 heterocycles. The average molecular weight is 266 g/mol. The van der Waals surface area contributed by atoms with Crippen LogP contribution in [0.15, 0.2) is 24.7 Å². The lowest BCUT2D eigenvalue weighted by Gasteiger charge is -2.13. The molecule has 2 rings (SSSR count). The van der Waals surface area contributed by atoms with Gasteiger partial charge in [0.2, 0.25) is 0 Å². The Hall–Kier alpha value is -1.86. The van der Waals surface area contributed by atoms with Gasteiger partial charge >= 0.3 is 12.4 Å². The predicted octanol–water partition coefficient (Wildman–Crippen LogP) is 3.67. The maximum Gasteiger partial charge on any atom is 0.417 e. The Morgan fingerprint density at radius 1 is 0.889 bits per heavy atom. The van der Waals surface area contributed by atoms with E-state index in [9.17, 15) is 26.3 Å². The molecule has 1 aromatic carbocycles. The molecule has 0 saturated carbocycles. The van der Waals surface area contributed by atoms with Gasteiger partial charge in [-0.05, 0) is 12.1 Å². The van der Waals surface area contributed by atoms with E-state index in [0.717, 1.165) is 12.5 Å². The van der Waals surface area contributed by atoms with Gasteiger partial charge in [0.05, 0.1) is 16.6 Å². The average Bonchev–Trinajstić information content (AvgIpc) is 2.25. The lowest BCUT2D eigenvalue weighted by atomic mass is 10.0. The minimum Gasteiger partial charge on any atom is -0.244 e. The van der Waals surface area contributed by atoms with Crippen LogP contribution in [0.4, 0.5) is 26.3 Å². The van der Waals surface area contributed by atoms with Crippen LogP contribution >= 0.6 is 0 Å². The van der Waals surface area contributed by atoms with Gasteiger partial charge in [-0.3, -0.25) is 0 Å². The highest BCUT2D eigenvalue weighted by atomic mass is 19.4. The summed E-state index contributed by atoms with van der Waals surface area (Å²) in [6.07, 6.45) is -8.03. The lowest BCUT2D eigenvalue weighted by molar-refractivity contribution is -0.142. The van der Waals surface area contributed by atoms with Crippen LogP contribution in [0, 0.1) is 0 Å². The molecule has 1 aromatic heterocycles. The second-order valence-electron chi connectivity index (χ2n) is 3.47. The molecule has 0 fully saturated rings. The molecule has 0 aliphatic heterocycles. The summed E-state index contributed by atoms with van der Waals surface area (Å²) in [6, 6.07) is 0.623. The zero-order valence-corrected chi connectivity index (χ0v) is 8.47. The molecule has 0 saturated heterocycles. The van der Waals surface area contributed by atoms with Crippen molar-refractivity contribution in [2.45, 2.75) is 12.4 Å². The zero-order chi connectivity index (χ0) is 13.6. The number of aromatic nitrogens is 2. The normalized spacial score (nSPS) is 13.0. The molecule has 0 aliphatic carbocycles. The second-order valence-corrected chi connectivity index (χ2v) is 3.47. The fourth-order valence-corrected chi connectivity index (χ4v) is 1.48. The third-order valence-electron chi connectivity index (χ3n) is 2.26. The molecule has 0 unspecified atom stereocenters. The van der Waals surface area contributed by atoms with E-state index >= 15 is 0 Å². The van der Waals surface area contributed by atoms with Gasteiger partial charge < -0.3 is 0 Å². The van der Waals surface area contributed by atoms with E-state index < -0.39 is 34.4 Å². The number of rotatable bonds is 0. The van der Waals surface area contributed by atoms with Gasteiger partial charge in [0.15, 0.2) is 0 Å². The van der Waals surface area contributed by atoms with Crippen LogP contribution in [0.3, 0.4) is 0 Å². The van der Waals surface area contributed by atoms with Crippen LogP contribution in [-0.4, -0.2) is 9.97 Å². The summed E-state index contributed by atoms with van der Waals surface area (Å²) in [4.78, 5) is 6.80. The molecule has 8 heteroatoms. The quantitative estimate of drug-likeness (QED) is 0.680. The van der Waals surface area contributed by atoms with Gasteiger partial charge in [0, 0.05) is 11.6 Å². The van der Waals surface area contributed by atoms with E-state index in [4.69, 9.17) is 0 Å². The molecule has 0 amide bonds. The van der Waals surface area contributed by atoms with E-state index in [2.05, 4.69) is 9.97 Å². The number of halogens is 6. The molecule has 0 bridgehead atoms. The molecule has 96 valence electrons. The van der Waals surface area contributed by atoms with Crippen LogP contribution in [0.5, 0.6) is 0 Å². The summed E-state index contributed by atoms with van der Waals surface area (Å²) >= 11 is 0.